The molecule has 6 nitrogen and oxygen atoms in total. The number of halogens is 2. The Labute approximate surface area is 163 Å². The molecule has 0 fully saturated rings. The van der Waals surface area contributed by atoms with E-state index in [0.717, 1.165) is 21.1 Å². The van der Waals surface area contributed by atoms with E-state index in [4.69, 9.17) is 4.74 Å². The molecule has 4 heterocycles. The number of H-pyrrole nitrogens is 1. The number of hydrogen-bond donors (Lipinski definition) is 1. The van der Waals surface area contributed by atoms with Crippen molar-refractivity contribution in [1.82, 2.24) is 24.9 Å². The maximum atomic E-state index is 14.4. The first kappa shape index (κ1) is 17.5. The lowest BCUT2D eigenvalue weighted by atomic mass is 10.0. The van der Waals surface area contributed by atoms with Crippen molar-refractivity contribution in [1.29, 1.82) is 0 Å². The Balaban J connectivity index is 1.73. The van der Waals surface area contributed by atoms with Crippen molar-refractivity contribution < 1.29 is 9.13 Å². The van der Waals surface area contributed by atoms with Gasteiger partial charge in [-0.1, -0.05) is 6.07 Å². The van der Waals surface area contributed by atoms with Crippen LogP contribution in [0.1, 0.15) is 18.1 Å². The fourth-order valence-electron chi connectivity index (χ4n) is 2.84. The lowest BCUT2D eigenvalue weighted by Gasteiger charge is -2.07. The molecule has 1 N–H and O–H groups in total. The largest absolute Gasteiger partial charge is 0.477 e. The van der Waals surface area contributed by atoms with E-state index in [-0.39, 0.29) is 0 Å². The summed E-state index contributed by atoms with van der Waals surface area (Å²) in [6.07, 6.45) is 7.95. The number of fused-ring (bicyclic) bond motifs is 1. The van der Waals surface area contributed by atoms with Crippen LogP contribution in [0.4, 0.5) is 4.39 Å². The molecular formula is C19H14BrFN5O. The molecule has 0 spiro atoms. The standard InChI is InChI=1S/C19H14BrFN5O/c1-2-27-19-16-14(9-24-18(16)25-10-26-19)6-12-5-13(8-23-17(12)21)11-3-4-15(20)22-7-11/h3-5,7,9-10H,2,6H2,1H3,(H,24,25,26). The van der Waals surface area contributed by atoms with Gasteiger partial charge >= 0.3 is 0 Å². The van der Waals surface area contributed by atoms with E-state index in [1.807, 2.05) is 19.1 Å². The lowest BCUT2D eigenvalue weighted by Crippen LogP contribution is -1.99. The summed E-state index contributed by atoms with van der Waals surface area (Å²) in [4.78, 5) is 19.5. The molecule has 4 aromatic rings. The SMILES string of the molecule is CCOc1ncnc2[nH]cc(Cc3cc(-c4ccc(Br)nc4)[c]nc3F)c12. The summed E-state index contributed by atoms with van der Waals surface area (Å²) in [7, 11) is 0. The summed E-state index contributed by atoms with van der Waals surface area (Å²) < 4.78 is 20.7. The van der Waals surface area contributed by atoms with Crippen LogP contribution in [0.2, 0.25) is 0 Å². The Morgan fingerprint density at radius 1 is 1.22 bits per heavy atom. The van der Waals surface area contributed by atoms with Gasteiger partial charge in [0.05, 0.1) is 12.0 Å². The van der Waals surface area contributed by atoms with Gasteiger partial charge in [-0.3, -0.25) is 0 Å². The number of ether oxygens (including phenoxy) is 1. The van der Waals surface area contributed by atoms with Gasteiger partial charge in [0.2, 0.25) is 11.8 Å². The van der Waals surface area contributed by atoms with Crippen LogP contribution in [0.3, 0.4) is 0 Å². The van der Waals surface area contributed by atoms with Gasteiger partial charge in [0.15, 0.2) is 0 Å². The minimum absolute atomic E-state index is 0.317. The summed E-state index contributed by atoms with van der Waals surface area (Å²) in [5.74, 6) is -0.0834. The number of pyridine rings is 2. The highest BCUT2D eigenvalue weighted by atomic mass is 79.9. The van der Waals surface area contributed by atoms with Crippen molar-refractivity contribution in [3.05, 3.63) is 64.8 Å². The second kappa shape index (κ2) is 7.40. The Bertz CT molecular complexity index is 1100. The van der Waals surface area contributed by atoms with Gasteiger partial charge in [-0.25, -0.2) is 19.9 Å². The quantitative estimate of drug-likeness (QED) is 0.486. The summed E-state index contributed by atoms with van der Waals surface area (Å²) in [5.41, 5.74) is 3.41. The summed E-state index contributed by atoms with van der Waals surface area (Å²) in [5, 5.41) is 0.749. The molecule has 0 atom stereocenters. The van der Waals surface area contributed by atoms with Crippen molar-refractivity contribution >= 4 is 27.0 Å². The topological polar surface area (TPSA) is 76.6 Å². The Morgan fingerprint density at radius 2 is 2.11 bits per heavy atom. The van der Waals surface area contributed by atoms with E-state index in [1.54, 1.807) is 18.5 Å². The molecule has 0 bridgehead atoms. The molecule has 0 aliphatic heterocycles. The van der Waals surface area contributed by atoms with E-state index in [2.05, 4.69) is 47.0 Å². The molecule has 0 aliphatic carbocycles. The monoisotopic (exact) mass is 426 g/mol. The van der Waals surface area contributed by atoms with Crippen LogP contribution >= 0.6 is 15.9 Å². The number of nitrogens with zero attached hydrogens (tertiary/aromatic N) is 4. The van der Waals surface area contributed by atoms with Crippen LogP contribution in [0.5, 0.6) is 5.88 Å². The van der Waals surface area contributed by atoms with Gasteiger partial charge in [-0.05, 0) is 40.5 Å². The normalized spacial score (nSPS) is 11.1. The second-order valence-corrected chi connectivity index (χ2v) is 6.61. The van der Waals surface area contributed by atoms with Crippen molar-refractivity contribution in [3.63, 3.8) is 0 Å². The van der Waals surface area contributed by atoms with Crippen LogP contribution in [0.25, 0.3) is 22.2 Å². The highest BCUT2D eigenvalue weighted by molar-refractivity contribution is 9.10. The van der Waals surface area contributed by atoms with Crippen LogP contribution in [-0.2, 0) is 6.42 Å². The van der Waals surface area contributed by atoms with E-state index in [0.29, 0.717) is 35.7 Å². The van der Waals surface area contributed by atoms with E-state index in [9.17, 15) is 4.39 Å². The van der Waals surface area contributed by atoms with E-state index >= 15 is 0 Å². The van der Waals surface area contributed by atoms with Crippen molar-refractivity contribution in [2.45, 2.75) is 13.3 Å². The van der Waals surface area contributed by atoms with Gasteiger partial charge in [-0.2, -0.15) is 4.39 Å². The number of nitrogens with one attached hydrogen (secondary N) is 1. The lowest BCUT2D eigenvalue weighted by molar-refractivity contribution is 0.330. The van der Waals surface area contributed by atoms with Gasteiger partial charge in [0.25, 0.3) is 0 Å². The summed E-state index contributed by atoms with van der Waals surface area (Å²) in [6.45, 7) is 2.36. The van der Waals surface area contributed by atoms with Gasteiger partial charge in [-0.15, -0.1) is 0 Å². The van der Waals surface area contributed by atoms with Gasteiger partial charge in [0, 0.05) is 35.5 Å². The molecule has 0 amide bonds. The zero-order valence-corrected chi connectivity index (χ0v) is 15.9. The maximum absolute atomic E-state index is 14.4. The minimum Gasteiger partial charge on any atom is -0.477 e. The van der Waals surface area contributed by atoms with Crippen LogP contribution in [0, 0.1) is 12.1 Å². The predicted octanol–water partition coefficient (Wildman–Crippen LogP) is 4.11. The van der Waals surface area contributed by atoms with Crippen molar-refractivity contribution in [2.75, 3.05) is 6.61 Å². The molecule has 0 aliphatic rings. The van der Waals surface area contributed by atoms with Gasteiger partial charge < -0.3 is 9.72 Å². The Hall–Kier alpha value is -2.87. The minimum atomic E-state index is -0.562. The van der Waals surface area contributed by atoms with Crippen molar-refractivity contribution in [2.24, 2.45) is 0 Å². The molecule has 0 unspecified atom stereocenters. The van der Waals surface area contributed by atoms with Crippen molar-refractivity contribution in [3.8, 4) is 17.0 Å². The highest BCUT2D eigenvalue weighted by Gasteiger charge is 2.15. The first-order valence-electron chi connectivity index (χ1n) is 8.28. The molecule has 0 aromatic carbocycles. The summed E-state index contributed by atoms with van der Waals surface area (Å²) >= 11 is 3.30. The molecule has 0 saturated heterocycles. The molecule has 0 saturated carbocycles. The van der Waals surface area contributed by atoms with Crippen LogP contribution in [-0.4, -0.2) is 31.5 Å². The Kier molecular flexibility index (Phi) is 4.81. The third-order valence-electron chi connectivity index (χ3n) is 4.08. The molecule has 27 heavy (non-hydrogen) atoms. The third-order valence-corrected chi connectivity index (χ3v) is 4.54. The molecule has 4 aromatic heterocycles. The average Bonchev–Trinajstić information content (AvgIpc) is 3.08. The first-order valence-corrected chi connectivity index (χ1v) is 9.07. The number of rotatable bonds is 5. The number of aromatic amines is 1. The average molecular weight is 427 g/mol. The molecular weight excluding hydrogens is 413 g/mol. The third kappa shape index (κ3) is 3.52. The zero-order chi connectivity index (χ0) is 18.8. The molecule has 4 rings (SSSR count). The van der Waals surface area contributed by atoms with Gasteiger partial charge in [0.1, 0.15) is 22.8 Å². The molecule has 1 radical (unpaired) electrons. The fourth-order valence-corrected chi connectivity index (χ4v) is 3.08. The smallest absolute Gasteiger partial charge is 0.226 e. The molecule has 8 heteroatoms. The zero-order valence-electron chi connectivity index (χ0n) is 14.3. The predicted molar refractivity (Wildman–Crippen MR) is 102 cm³/mol. The Morgan fingerprint density at radius 3 is 2.89 bits per heavy atom. The highest BCUT2D eigenvalue weighted by Crippen LogP contribution is 2.28. The van der Waals surface area contributed by atoms with E-state index in [1.165, 1.54) is 6.33 Å². The first-order chi connectivity index (χ1) is 13.2. The number of aromatic nitrogens is 5. The maximum Gasteiger partial charge on any atom is 0.226 e. The number of hydrogen-bond acceptors (Lipinski definition) is 5. The van der Waals surface area contributed by atoms with Crippen LogP contribution in [0.15, 0.2) is 41.5 Å². The fraction of sp³-hybridized carbons (Fsp3) is 0.158. The van der Waals surface area contributed by atoms with E-state index < -0.39 is 5.95 Å². The molecule has 135 valence electrons. The second-order valence-electron chi connectivity index (χ2n) is 5.79. The van der Waals surface area contributed by atoms with Crippen LogP contribution < -0.4 is 4.74 Å². The summed E-state index contributed by atoms with van der Waals surface area (Å²) in [6, 6.07) is 5.42.